The smallest absolute Gasteiger partial charge is 0.217 e. The molecule has 3 aromatic rings. The number of aromatic nitrogens is 2. The minimum atomic E-state index is -3.72. The maximum Gasteiger partial charge on any atom is 0.217 e. The van der Waals surface area contributed by atoms with Gasteiger partial charge in [0.1, 0.15) is 0 Å². The lowest BCUT2D eigenvalue weighted by atomic mass is 10.0. The van der Waals surface area contributed by atoms with E-state index in [0.29, 0.717) is 22.6 Å². The topological polar surface area (TPSA) is 115 Å². The maximum atomic E-state index is 13.0. The number of H-pyrrole nitrogens is 1. The van der Waals surface area contributed by atoms with Crippen LogP contribution in [0, 0.1) is 0 Å². The van der Waals surface area contributed by atoms with Crippen molar-refractivity contribution in [3.05, 3.63) is 66.1 Å². The first-order chi connectivity index (χ1) is 14.0. The summed E-state index contributed by atoms with van der Waals surface area (Å²) in [5, 5.41) is 12.3. The Morgan fingerprint density at radius 2 is 1.83 bits per heavy atom. The number of fused-ring (bicyclic) bond motifs is 1. The monoisotopic (exact) mass is 412 g/mol. The normalized spacial score (nSPS) is 14.6. The van der Waals surface area contributed by atoms with Gasteiger partial charge in [-0.05, 0) is 24.3 Å². The Bertz CT molecular complexity index is 1130. The van der Waals surface area contributed by atoms with Crippen LogP contribution in [0.4, 0.5) is 11.4 Å². The van der Waals surface area contributed by atoms with E-state index in [2.05, 4.69) is 15.3 Å². The summed E-state index contributed by atoms with van der Waals surface area (Å²) in [5.74, 6) is -0.717. The van der Waals surface area contributed by atoms with E-state index >= 15 is 0 Å². The highest BCUT2D eigenvalue weighted by molar-refractivity contribution is 7.89. The number of anilines is 2. The largest absolute Gasteiger partial charge is 0.395 e. The molecule has 0 radical (unpaired) electrons. The second-order valence-corrected chi connectivity index (χ2v) is 8.77. The summed E-state index contributed by atoms with van der Waals surface area (Å²) in [6, 6.07) is 13.1. The van der Waals surface area contributed by atoms with Crippen molar-refractivity contribution in [3.8, 4) is 11.3 Å². The Morgan fingerprint density at radius 3 is 2.52 bits per heavy atom. The van der Waals surface area contributed by atoms with E-state index in [0.717, 1.165) is 15.6 Å². The maximum absolute atomic E-state index is 13.0. The lowest BCUT2D eigenvalue weighted by Crippen LogP contribution is -2.41. The number of benzene rings is 1. The number of aliphatic hydroxyl groups excluding tert-OH is 1. The van der Waals surface area contributed by atoms with Gasteiger partial charge in [-0.15, -0.1) is 0 Å². The zero-order valence-corrected chi connectivity index (χ0v) is 16.3. The van der Waals surface area contributed by atoms with E-state index in [4.69, 9.17) is 5.11 Å². The quantitative estimate of drug-likeness (QED) is 0.571. The molecule has 3 heterocycles. The molecular weight excluding hydrogens is 392 g/mol. The third-order valence-corrected chi connectivity index (χ3v) is 6.51. The number of nitrogens with one attached hydrogen (secondary N) is 2. The molecule has 150 valence electrons. The van der Waals surface area contributed by atoms with Crippen LogP contribution in [0.1, 0.15) is 16.1 Å². The molecule has 9 heteroatoms. The van der Waals surface area contributed by atoms with Crippen molar-refractivity contribution < 1.29 is 18.3 Å². The molecule has 3 N–H and O–H groups in total. The number of ketones is 1. The molecule has 0 atom stereocenters. The summed E-state index contributed by atoms with van der Waals surface area (Å²) in [6.07, 6.45) is 3.31. The first kappa shape index (κ1) is 19.3. The number of pyridine rings is 1. The molecule has 29 heavy (non-hydrogen) atoms. The average molecular weight is 412 g/mol. The average Bonchev–Trinajstić information content (AvgIpc) is 3.08. The number of sulfonamides is 1. The van der Waals surface area contributed by atoms with Gasteiger partial charge in [0.15, 0.2) is 5.78 Å². The van der Waals surface area contributed by atoms with Gasteiger partial charge < -0.3 is 15.4 Å². The first-order valence-electron chi connectivity index (χ1n) is 9.09. The minimum Gasteiger partial charge on any atom is -0.395 e. The Hall–Kier alpha value is -3.01. The number of hydrogen-bond acceptors (Lipinski definition) is 6. The number of hydrogen-bond donors (Lipinski definition) is 3. The number of Topliss-reactive ketones (excluding diaryl/α,β-unsaturated/α-hetero) is 1. The van der Waals surface area contributed by atoms with Gasteiger partial charge in [0.05, 0.1) is 42.4 Å². The van der Waals surface area contributed by atoms with Gasteiger partial charge in [-0.25, -0.2) is 8.42 Å². The second-order valence-electron chi connectivity index (χ2n) is 6.69. The van der Waals surface area contributed by atoms with Crippen LogP contribution in [0.5, 0.6) is 0 Å². The molecule has 1 aliphatic rings. The van der Waals surface area contributed by atoms with Gasteiger partial charge in [0, 0.05) is 29.3 Å². The van der Waals surface area contributed by atoms with Crippen LogP contribution in [-0.2, 0) is 16.6 Å². The van der Waals surface area contributed by atoms with E-state index in [1.807, 2.05) is 42.5 Å². The molecule has 0 fully saturated rings. The van der Waals surface area contributed by atoms with E-state index in [9.17, 15) is 13.2 Å². The molecule has 0 saturated carbocycles. The van der Waals surface area contributed by atoms with Crippen LogP contribution in [0.3, 0.4) is 0 Å². The van der Waals surface area contributed by atoms with Crippen molar-refractivity contribution in [2.45, 2.75) is 6.54 Å². The molecule has 1 aromatic carbocycles. The molecular formula is C20H20N4O4S. The number of para-hydroxylation sites is 1. The highest BCUT2D eigenvalue weighted by Crippen LogP contribution is 2.38. The second kappa shape index (κ2) is 7.78. The van der Waals surface area contributed by atoms with E-state index < -0.39 is 22.4 Å². The predicted molar refractivity (Wildman–Crippen MR) is 109 cm³/mol. The van der Waals surface area contributed by atoms with Crippen LogP contribution in [-0.4, -0.2) is 52.5 Å². The minimum absolute atomic E-state index is 0.0396. The lowest BCUT2D eigenvalue weighted by Gasteiger charge is -2.25. The molecule has 0 bridgehead atoms. The molecule has 0 aliphatic carbocycles. The number of rotatable bonds is 6. The van der Waals surface area contributed by atoms with Crippen molar-refractivity contribution in [2.75, 3.05) is 24.2 Å². The number of carbonyl (C=O) groups is 1. The number of carbonyl (C=O) groups excluding carboxylic acids is 1. The third kappa shape index (κ3) is 3.80. The molecule has 0 amide bonds. The van der Waals surface area contributed by atoms with E-state index in [-0.39, 0.29) is 18.9 Å². The first-order valence-corrected chi connectivity index (χ1v) is 10.7. The van der Waals surface area contributed by atoms with Gasteiger partial charge >= 0.3 is 0 Å². The summed E-state index contributed by atoms with van der Waals surface area (Å²) in [6.45, 7) is -0.710. The summed E-state index contributed by atoms with van der Waals surface area (Å²) < 4.78 is 25.8. The van der Waals surface area contributed by atoms with Gasteiger partial charge in [-0.3, -0.25) is 9.78 Å². The van der Waals surface area contributed by atoms with Gasteiger partial charge in [-0.1, -0.05) is 18.2 Å². The molecule has 1 aliphatic heterocycles. The molecule has 2 aromatic heterocycles. The molecule has 0 saturated heterocycles. The summed E-state index contributed by atoms with van der Waals surface area (Å²) in [7, 11) is -3.72. The Labute approximate surface area is 168 Å². The standard InChI is InChI=1S/C20H20N4O4S/c25-10-11-29(27,28)24-12-16-18(17(26)13-24)20(22-15-4-2-1-3-5-15)19(23-16)14-6-8-21-9-7-14/h1-9,22-23,25H,10-13H2. The Kier molecular flexibility index (Phi) is 5.18. The van der Waals surface area contributed by atoms with Crippen molar-refractivity contribution in [1.29, 1.82) is 0 Å². The van der Waals surface area contributed by atoms with Crippen LogP contribution < -0.4 is 5.32 Å². The van der Waals surface area contributed by atoms with Crippen LogP contribution in [0.25, 0.3) is 11.3 Å². The fourth-order valence-corrected chi connectivity index (χ4v) is 4.55. The molecule has 0 unspecified atom stereocenters. The zero-order chi connectivity index (χ0) is 20.4. The summed E-state index contributed by atoms with van der Waals surface area (Å²) in [4.78, 5) is 20.2. The van der Waals surface area contributed by atoms with Crippen molar-refractivity contribution in [2.24, 2.45) is 0 Å². The molecule has 8 nitrogen and oxygen atoms in total. The fraction of sp³-hybridized carbons (Fsp3) is 0.200. The zero-order valence-electron chi connectivity index (χ0n) is 15.5. The molecule has 4 rings (SSSR count). The Balaban J connectivity index is 1.81. The predicted octanol–water partition coefficient (Wildman–Crippen LogP) is 2.14. The van der Waals surface area contributed by atoms with Crippen molar-refractivity contribution >= 4 is 27.2 Å². The van der Waals surface area contributed by atoms with Crippen LogP contribution in [0.15, 0.2) is 54.9 Å². The summed E-state index contributed by atoms with van der Waals surface area (Å²) >= 11 is 0. The fourth-order valence-electron chi connectivity index (χ4n) is 3.42. The number of nitrogens with zero attached hydrogens (tertiary/aromatic N) is 2. The Morgan fingerprint density at radius 1 is 1.10 bits per heavy atom. The van der Waals surface area contributed by atoms with Gasteiger partial charge in [0.2, 0.25) is 10.0 Å². The van der Waals surface area contributed by atoms with E-state index in [1.165, 1.54) is 0 Å². The summed E-state index contributed by atoms with van der Waals surface area (Å²) in [5.41, 5.74) is 3.92. The van der Waals surface area contributed by atoms with Crippen LogP contribution in [0.2, 0.25) is 0 Å². The van der Waals surface area contributed by atoms with Crippen LogP contribution >= 0.6 is 0 Å². The number of aliphatic hydroxyl groups is 1. The van der Waals surface area contributed by atoms with Gasteiger partial charge in [-0.2, -0.15) is 4.31 Å². The van der Waals surface area contributed by atoms with Crippen molar-refractivity contribution in [1.82, 2.24) is 14.3 Å². The highest BCUT2D eigenvalue weighted by Gasteiger charge is 2.35. The van der Waals surface area contributed by atoms with Crippen molar-refractivity contribution in [3.63, 3.8) is 0 Å². The van der Waals surface area contributed by atoms with E-state index in [1.54, 1.807) is 12.4 Å². The molecule has 0 spiro atoms. The SMILES string of the molecule is O=C1CN(S(=O)(=O)CCO)Cc2[nH]c(-c3ccncc3)c(Nc3ccccc3)c21. The van der Waals surface area contributed by atoms with Gasteiger partial charge in [0.25, 0.3) is 0 Å². The number of aromatic amines is 1. The highest BCUT2D eigenvalue weighted by atomic mass is 32.2. The lowest BCUT2D eigenvalue weighted by molar-refractivity contribution is 0.0950. The third-order valence-electron chi connectivity index (χ3n) is 4.77.